The third-order valence-corrected chi connectivity index (χ3v) is 8.84. The number of aromatic nitrogens is 2. The zero-order valence-electron chi connectivity index (χ0n) is 23.7. The van der Waals surface area contributed by atoms with Gasteiger partial charge in [0.05, 0.1) is 0 Å². The molecule has 0 aliphatic carbocycles. The maximum atomic E-state index is 13.6. The summed E-state index contributed by atoms with van der Waals surface area (Å²) >= 11 is 1.80. The van der Waals surface area contributed by atoms with Crippen LogP contribution < -0.4 is 10.6 Å². The fourth-order valence-corrected chi connectivity index (χ4v) is 6.38. The summed E-state index contributed by atoms with van der Waals surface area (Å²) in [4.78, 5) is 26.4. The minimum Gasteiger partial charge on any atom is -0.340 e. The number of hydrogen-bond donors (Lipinski definition) is 2. The number of nitrogens with zero attached hydrogens (tertiary/aromatic N) is 4. The van der Waals surface area contributed by atoms with Crippen LogP contribution in [0.5, 0.6) is 0 Å². The molecule has 0 atom stereocenters. The molecule has 2 N–H and O–H groups in total. The summed E-state index contributed by atoms with van der Waals surface area (Å²) in [6.45, 7) is 4.14. The second-order valence-electron chi connectivity index (χ2n) is 10.8. The lowest BCUT2D eigenvalue weighted by atomic mass is 10.0. The van der Waals surface area contributed by atoms with Gasteiger partial charge in [0.2, 0.25) is 5.95 Å². The van der Waals surface area contributed by atoms with E-state index >= 15 is 0 Å². The van der Waals surface area contributed by atoms with Crippen LogP contribution in [0.1, 0.15) is 34.3 Å². The third-order valence-electron chi connectivity index (χ3n) is 7.83. The minimum absolute atomic E-state index is 0.0588. The second-order valence-corrected chi connectivity index (χ2v) is 11.7. The second kappa shape index (κ2) is 12.3. The highest BCUT2D eigenvalue weighted by molar-refractivity contribution is 7.17. The number of fused-ring (bicyclic) bond motifs is 1. The summed E-state index contributed by atoms with van der Waals surface area (Å²) in [6.07, 6.45) is 3.57. The Morgan fingerprint density at radius 3 is 2.57 bits per heavy atom. The number of anilines is 4. The molecule has 0 bridgehead atoms. The Kier molecular flexibility index (Phi) is 8.12. The highest BCUT2D eigenvalue weighted by Crippen LogP contribution is 2.28. The van der Waals surface area contributed by atoms with Gasteiger partial charge in [-0.05, 0) is 103 Å². The predicted octanol–water partition coefficient (Wildman–Crippen LogP) is 7.36. The Bertz CT molecular complexity index is 1700. The molecule has 5 aromatic rings. The van der Waals surface area contributed by atoms with Crippen molar-refractivity contribution < 1.29 is 9.18 Å². The SMILES string of the molecule is Cc1cc(Nc2ccnc(Nc3ccc(C(=O)N4CCC(N(C)Cc5csc6ccccc56)CC4)cc3)n2)ccc1F. The number of hydrogen-bond acceptors (Lipinski definition) is 7. The lowest BCUT2D eigenvalue weighted by Crippen LogP contribution is -2.45. The molecule has 1 aliphatic heterocycles. The quantitative estimate of drug-likeness (QED) is 0.200. The first-order valence-electron chi connectivity index (χ1n) is 14.1. The van der Waals surface area contributed by atoms with Crippen molar-refractivity contribution in [2.45, 2.75) is 32.4 Å². The van der Waals surface area contributed by atoms with Crippen molar-refractivity contribution in [2.24, 2.45) is 0 Å². The molecule has 7 nitrogen and oxygen atoms in total. The Balaban J connectivity index is 1.02. The Labute approximate surface area is 249 Å². The normalized spacial score (nSPS) is 14.0. The molecule has 6 rings (SSSR count). The summed E-state index contributed by atoms with van der Waals surface area (Å²) in [5, 5.41) is 9.98. The molecule has 1 amide bonds. The zero-order valence-corrected chi connectivity index (χ0v) is 24.5. The maximum Gasteiger partial charge on any atom is 0.253 e. The number of thiophene rings is 1. The Morgan fingerprint density at radius 2 is 1.79 bits per heavy atom. The van der Waals surface area contributed by atoms with E-state index < -0.39 is 0 Å². The van der Waals surface area contributed by atoms with Gasteiger partial charge in [0.1, 0.15) is 11.6 Å². The van der Waals surface area contributed by atoms with Gasteiger partial charge in [-0.1, -0.05) is 18.2 Å². The van der Waals surface area contributed by atoms with E-state index in [4.69, 9.17) is 0 Å². The molecule has 0 saturated carbocycles. The molecule has 42 heavy (non-hydrogen) atoms. The molecule has 214 valence electrons. The molecule has 9 heteroatoms. The Hall–Kier alpha value is -4.34. The van der Waals surface area contributed by atoms with Gasteiger partial charge < -0.3 is 15.5 Å². The van der Waals surface area contributed by atoms with Gasteiger partial charge >= 0.3 is 0 Å². The third kappa shape index (κ3) is 6.27. The smallest absolute Gasteiger partial charge is 0.253 e. The predicted molar refractivity (Wildman–Crippen MR) is 168 cm³/mol. The lowest BCUT2D eigenvalue weighted by Gasteiger charge is -2.36. The first-order chi connectivity index (χ1) is 20.4. The molecular weight excluding hydrogens is 547 g/mol. The number of likely N-dealkylation sites (tertiary alicyclic amines) is 1. The summed E-state index contributed by atoms with van der Waals surface area (Å²) in [5.74, 6) is 0.814. The fraction of sp³-hybridized carbons (Fsp3) is 0.242. The van der Waals surface area contributed by atoms with Gasteiger partial charge in [-0.15, -0.1) is 11.3 Å². The molecule has 0 spiro atoms. The highest BCUT2D eigenvalue weighted by Gasteiger charge is 2.26. The van der Waals surface area contributed by atoms with Crippen LogP contribution in [0.3, 0.4) is 0 Å². The van der Waals surface area contributed by atoms with Gasteiger partial charge in [-0.3, -0.25) is 9.69 Å². The van der Waals surface area contributed by atoms with E-state index in [1.54, 1.807) is 42.7 Å². The number of carbonyl (C=O) groups excluding carboxylic acids is 1. The minimum atomic E-state index is -0.247. The van der Waals surface area contributed by atoms with Crippen molar-refractivity contribution in [3.63, 3.8) is 0 Å². The van der Waals surface area contributed by atoms with Gasteiger partial charge in [0.25, 0.3) is 5.91 Å². The first kappa shape index (κ1) is 27.8. The van der Waals surface area contributed by atoms with E-state index in [0.717, 1.165) is 43.9 Å². The Morgan fingerprint density at radius 1 is 1.02 bits per heavy atom. The van der Waals surface area contributed by atoms with Crippen LogP contribution >= 0.6 is 11.3 Å². The summed E-state index contributed by atoms with van der Waals surface area (Å²) in [7, 11) is 2.19. The fourth-order valence-electron chi connectivity index (χ4n) is 5.43. The average molecular weight is 581 g/mol. The highest BCUT2D eigenvalue weighted by atomic mass is 32.1. The van der Waals surface area contributed by atoms with Crippen molar-refractivity contribution in [2.75, 3.05) is 30.8 Å². The van der Waals surface area contributed by atoms with Crippen LogP contribution in [0.4, 0.5) is 27.5 Å². The number of carbonyl (C=O) groups is 1. The molecular formula is C33H33FN6OS. The van der Waals surface area contributed by atoms with Gasteiger partial charge in [-0.25, -0.2) is 9.37 Å². The van der Waals surface area contributed by atoms with Gasteiger partial charge in [0, 0.05) is 53.5 Å². The van der Waals surface area contributed by atoms with Crippen LogP contribution in [-0.4, -0.2) is 51.9 Å². The van der Waals surface area contributed by atoms with E-state index in [0.29, 0.717) is 28.9 Å². The van der Waals surface area contributed by atoms with Crippen molar-refractivity contribution in [1.29, 1.82) is 0 Å². The van der Waals surface area contributed by atoms with Crippen molar-refractivity contribution in [1.82, 2.24) is 19.8 Å². The molecule has 3 aromatic carbocycles. The molecule has 1 fully saturated rings. The molecule has 2 aromatic heterocycles. The van der Waals surface area contributed by atoms with Crippen LogP contribution in [-0.2, 0) is 6.54 Å². The van der Waals surface area contributed by atoms with Crippen LogP contribution in [0, 0.1) is 12.7 Å². The molecule has 1 aliphatic rings. The van der Waals surface area contributed by atoms with Gasteiger partial charge in [-0.2, -0.15) is 4.98 Å². The van der Waals surface area contributed by atoms with Crippen molar-refractivity contribution in [3.8, 4) is 0 Å². The van der Waals surface area contributed by atoms with Crippen LogP contribution in [0.15, 0.2) is 84.4 Å². The standard InChI is InChI=1S/C33H33FN6OS/c1-22-19-26(11-12-29(22)34)36-31-13-16-35-33(38-31)37-25-9-7-23(8-10-25)32(41)40-17-14-27(15-18-40)39(2)20-24-21-42-30-6-4-3-5-28(24)30/h3-13,16,19,21,27H,14-15,17-18,20H2,1-2H3,(H2,35,36,37,38). The average Bonchev–Trinajstić information content (AvgIpc) is 3.42. The summed E-state index contributed by atoms with van der Waals surface area (Å²) < 4.78 is 14.9. The number of nitrogens with one attached hydrogen (secondary N) is 2. The summed E-state index contributed by atoms with van der Waals surface area (Å²) in [5.41, 5.74) is 4.12. The van der Waals surface area contributed by atoms with E-state index in [2.05, 4.69) is 62.2 Å². The van der Waals surface area contributed by atoms with Crippen LogP contribution in [0.2, 0.25) is 0 Å². The number of aryl methyl sites for hydroxylation is 1. The summed E-state index contributed by atoms with van der Waals surface area (Å²) in [6, 6.07) is 23.0. The van der Waals surface area contributed by atoms with Gasteiger partial charge in [0.15, 0.2) is 0 Å². The lowest BCUT2D eigenvalue weighted by molar-refractivity contribution is 0.0640. The topological polar surface area (TPSA) is 73.4 Å². The van der Waals surface area contributed by atoms with E-state index in [1.807, 2.05) is 29.2 Å². The van der Waals surface area contributed by atoms with E-state index in [9.17, 15) is 9.18 Å². The first-order valence-corrected chi connectivity index (χ1v) is 15.0. The number of rotatable bonds is 8. The number of halogens is 1. The molecule has 0 radical (unpaired) electrons. The van der Waals surface area contributed by atoms with E-state index in [1.165, 1.54) is 21.7 Å². The number of benzene rings is 3. The number of amides is 1. The van der Waals surface area contributed by atoms with Crippen molar-refractivity contribution in [3.05, 3.63) is 107 Å². The number of piperidine rings is 1. The molecule has 3 heterocycles. The van der Waals surface area contributed by atoms with Crippen LogP contribution in [0.25, 0.3) is 10.1 Å². The molecule has 1 saturated heterocycles. The van der Waals surface area contributed by atoms with Crippen molar-refractivity contribution >= 4 is 50.5 Å². The zero-order chi connectivity index (χ0) is 29.1. The maximum absolute atomic E-state index is 13.6. The van der Waals surface area contributed by atoms with E-state index in [-0.39, 0.29) is 11.7 Å². The molecule has 0 unspecified atom stereocenters. The monoisotopic (exact) mass is 580 g/mol. The largest absolute Gasteiger partial charge is 0.340 e.